The SMILES string of the molecule is CCNC(CS(=O)(=O)C(C)(C)C)c1cc(C)ccc1OC. The Bertz CT molecular complexity index is 574. The van der Waals surface area contributed by atoms with E-state index in [-0.39, 0.29) is 11.8 Å². The van der Waals surface area contributed by atoms with E-state index in [2.05, 4.69) is 5.32 Å². The number of methoxy groups -OCH3 is 1. The van der Waals surface area contributed by atoms with Crippen LogP contribution in [-0.4, -0.2) is 32.6 Å². The van der Waals surface area contributed by atoms with E-state index in [4.69, 9.17) is 4.74 Å². The second kappa shape index (κ2) is 6.79. The van der Waals surface area contributed by atoms with Gasteiger partial charge in [0.1, 0.15) is 5.75 Å². The van der Waals surface area contributed by atoms with Gasteiger partial charge in [-0.15, -0.1) is 0 Å². The maximum Gasteiger partial charge on any atom is 0.157 e. The second-order valence-corrected chi connectivity index (χ2v) is 9.04. The number of hydrogen-bond acceptors (Lipinski definition) is 4. The highest BCUT2D eigenvalue weighted by atomic mass is 32.2. The molecule has 1 aromatic carbocycles. The van der Waals surface area contributed by atoms with Crippen molar-refractivity contribution in [2.45, 2.75) is 45.4 Å². The standard InChI is InChI=1S/C16H27NO3S/c1-7-17-14(11-21(18,19)16(3,4)5)13-10-12(2)8-9-15(13)20-6/h8-10,14,17H,7,11H2,1-6H3. The zero-order valence-electron chi connectivity index (χ0n) is 13.9. The molecule has 5 heteroatoms. The number of rotatable bonds is 6. The van der Waals surface area contributed by atoms with E-state index in [0.717, 1.165) is 16.9 Å². The number of sulfone groups is 1. The fourth-order valence-electron chi connectivity index (χ4n) is 2.10. The summed E-state index contributed by atoms with van der Waals surface area (Å²) in [7, 11) is -1.62. The number of ether oxygens (including phenoxy) is 1. The molecule has 4 nitrogen and oxygen atoms in total. The van der Waals surface area contributed by atoms with Gasteiger partial charge < -0.3 is 10.1 Å². The molecule has 0 bridgehead atoms. The first-order chi connectivity index (χ1) is 9.62. The summed E-state index contributed by atoms with van der Waals surface area (Å²) in [5.74, 6) is 0.778. The van der Waals surface area contributed by atoms with Crippen LogP contribution in [0.5, 0.6) is 5.75 Å². The summed E-state index contributed by atoms with van der Waals surface area (Å²) in [6.07, 6.45) is 0. The van der Waals surface area contributed by atoms with Crippen LogP contribution < -0.4 is 10.1 Å². The highest BCUT2D eigenvalue weighted by Gasteiger charge is 2.32. The molecule has 0 aromatic heterocycles. The molecule has 0 aliphatic heterocycles. The fourth-order valence-corrected chi connectivity index (χ4v) is 3.34. The summed E-state index contributed by atoms with van der Waals surface area (Å²) in [6.45, 7) is 9.86. The molecule has 1 N–H and O–H groups in total. The van der Waals surface area contributed by atoms with E-state index in [9.17, 15) is 8.42 Å². The predicted octanol–water partition coefficient (Wildman–Crippen LogP) is 2.87. The topological polar surface area (TPSA) is 55.4 Å². The first-order valence-electron chi connectivity index (χ1n) is 7.22. The van der Waals surface area contributed by atoms with Gasteiger partial charge in [-0.1, -0.05) is 24.6 Å². The van der Waals surface area contributed by atoms with Crippen LogP contribution in [0.25, 0.3) is 0 Å². The molecule has 1 rings (SSSR count). The van der Waals surface area contributed by atoms with Gasteiger partial charge in [-0.05, 0) is 40.3 Å². The Hall–Kier alpha value is -1.07. The second-order valence-electron chi connectivity index (χ2n) is 6.25. The number of nitrogens with one attached hydrogen (secondary N) is 1. The molecular formula is C16H27NO3S. The van der Waals surface area contributed by atoms with E-state index >= 15 is 0 Å². The van der Waals surface area contributed by atoms with Crippen molar-refractivity contribution < 1.29 is 13.2 Å². The minimum Gasteiger partial charge on any atom is -0.496 e. The Morgan fingerprint density at radius 3 is 2.38 bits per heavy atom. The lowest BCUT2D eigenvalue weighted by atomic mass is 10.0. The molecule has 0 radical (unpaired) electrons. The van der Waals surface area contributed by atoms with Crippen LogP contribution in [0.2, 0.25) is 0 Å². The molecule has 0 aliphatic rings. The average molecular weight is 313 g/mol. The van der Waals surface area contributed by atoms with Gasteiger partial charge in [-0.3, -0.25) is 0 Å². The Labute approximate surface area is 128 Å². The zero-order chi connectivity index (χ0) is 16.3. The summed E-state index contributed by atoms with van der Waals surface area (Å²) < 4.78 is 29.7. The summed E-state index contributed by atoms with van der Waals surface area (Å²) in [4.78, 5) is 0. The average Bonchev–Trinajstić information content (AvgIpc) is 2.36. The van der Waals surface area contributed by atoms with Crippen molar-refractivity contribution in [3.63, 3.8) is 0 Å². The molecule has 1 atom stereocenters. The van der Waals surface area contributed by atoms with Gasteiger partial charge in [0.2, 0.25) is 0 Å². The first-order valence-corrected chi connectivity index (χ1v) is 8.88. The van der Waals surface area contributed by atoms with Crippen molar-refractivity contribution in [1.82, 2.24) is 5.32 Å². The van der Waals surface area contributed by atoms with E-state index in [1.807, 2.05) is 32.0 Å². The van der Waals surface area contributed by atoms with E-state index in [0.29, 0.717) is 6.54 Å². The fraction of sp³-hybridized carbons (Fsp3) is 0.625. The van der Waals surface area contributed by atoms with Crippen LogP contribution in [0, 0.1) is 6.92 Å². The lowest BCUT2D eigenvalue weighted by molar-refractivity contribution is 0.402. The molecule has 0 amide bonds. The van der Waals surface area contributed by atoms with Gasteiger partial charge in [-0.2, -0.15) is 0 Å². The highest BCUT2D eigenvalue weighted by molar-refractivity contribution is 7.92. The van der Waals surface area contributed by atoms with Crippen molar-refractivity contribution in [2.75, 3.05) is 19.4 Å². The summed E-state index contributed by atoms with van der Waals surface area (Å²) >= 11 is 0. The van der Waals surface area contributed by atoms with Crippen LogP contribution in [0.4, 0.5) is 0 Å². The molecular weight excluding hydrogens is 286 g/mol. The summed E-state index contributed by atoms with van der Waals surface area (Å²) in [6, 6.07) is 5.57. The van der Waals surface area contributed by atoms with Crippen LogP contribution in [-0.2, 0) is 9.84 Å². The summed E-state index contributed by atoms with van der Waals surface area (Å²) in [5.41, 5.74) is 1.98. The quantitative estimate of drug-likeness (QED) is 0.877. The zero-order valence-corrected chi connectivity index (χ0v) is 14.7. The Balaban J connectivity index is 3.22. The lowest BCUT2D eigenvalue weighted by Crippen LogP contribution is -2.37. The van der Waals surface area contributed by atoms with Crippen molar-refractivity contribution in [1.29, 1.82) is 0 Å². The van der Waals surface area contributed by atoms with Crippen molar-refractivity contribution in [3.8, 4) is 5.75 Å². The van der Waals surface area contributed by atoms with E-state index in [1.54, 1.807) is 27.9 Å². The predicted molar refractivity (Wildman–Crippen MR) is 87.7 cm³/mol. The molecule has 0 aliphatic carbocycles. The van der Waals surface area contributed by atoms with Crippen LogP contribution >= 0.6 is 0 Å². The van der Waals surface area contributed by atoms with Gasteiger partial charge in [-0.25, -0.2) is 8.42 Å². The summed E-state index contributed by atoms with van der Waals surface area (Å²) in [5, 5.41) is 3.27. The third kappa shape index (κ3) is 4.45. The van der Waals surface area contributed by atoms with Crippen LogP contribution in [0.15, 0.2) is 18.2 Å². The molecule has 0 heterocycles. The molecule has 21 heavy (non-hydrogen) atoms. The monoisotopic (exact) mass is 313 g/mol. The lowest BCUT2D eigenvalue weighted by Gasteiger charge is -2.26. The Kier molecular flexibility index (Phi) is 5.82. The Morgan fingerprint density at radius 1 is 1.29 bits per heavy atom. The maximum absolute atomic E-state index is 12.5. The highest BCUT2D eigenvalue weighted by Crippen LogP contribution is 2.29. The van der Waals surface area contributed by atoms with Gasteiger partial charge >= 0.3 is 0 Å². The van der Waals surface area contributed by atoms with Gasteiger partial charge in [0.15, 0.2) is 9.84 Å². The van der Waals surface area contributed by atoms with Crippen molar-refractivity contribution >= 4 is 9.84 Å². The van der Waals surface area contributed by atoms with E-state index in [1.165, 1.54) is 0 Å². The molecule has 1 unspecified atom stereocenters. The molecule has 120 valence electrons. The minimum absolute atomic E-state index is 0.0597. The minimum atomic E-state index is -3.22. The van der Waals surface area contributed by atoms with Crippen LogP contribution in [0.3, 0.4) is 0 Å². The molecule has 0 saturated carbocycles. The van der Waals surface area contributed by atoms with Gasteiger partial charge in [0.25, 0.3) is 0 Å². The van der Waals surface area contributed by atoms with Crippen LogP contribution in [0.1, 0.15) is 44.9 Å². The molecule has 0 saturated heterocycles. The Morgan fingerprint density at radius 2 is 1.90 bits per heavy atom. The van der Waals surface area contributed by atoms with Gasteiger partial charge in [0, 0.05) is 11.6 Å². The van der Waals surface area contributed by atoms with Crippen molar-refractivity contribution in [3.05, 3.63) is 29.3 Å². The molecule has 1 aromatic rings. The number of aryl methyl sites for hydroxylation is 1. The third-order valence-electron chi connectivity index (χ3n) is 3.53. The third-order valence-corrected chi connectivity index (χ3v) is 6.17. The van der Waals surface area contributed by atoms with Crippen molar-refractivity contribution in [2.24, 2.45) is 0 Å². The molecule has 0 spiro atoms. The smallest absolute Gasteiger partial charge is 0.157 e. The van der Waals surface area contributed by atoms with E-state index < -0.39 is 14.6 Å². The van der Waals surface area contributed by atoms with Gasteiger partial charge in [0.05, 0.1) is 17.6 Å². The number of hydrogen-bond donors (Lipinski definition) is 1. The number of benzene rings is 1. The largest absolute Gasteiger partial charge is 0.496 e. The normalized spacial score (nSPS) is 14.0. The maximum atomic E-state index is 12.5. The molecule has 0 fully saturated rings. The first kappa shape index (κ1) is 18.0.